The van der Waals surface area contributed by atoms with E-state index in [1.54, 1.807) is 12.1 Å². The van der Waals surface area contributed by atoms with E-state index in [4.69, 9.17) is 0 Å². The van der Waals surface area contributed by atoms with Gasteiger partial charge in [0.25, 0.3) is 15.9 Å². The third-order valence-corrected chi connectivity index (χ3v) is 7.07. The molecule has 0 radical (unpaired) electrons. The molecular formula is C20H23N5O3S2. The molecule has 8 nitrogen and oxygen atoms in total. The highest BCUT2D eigenvalue weighted by molar-refractivity contribution is 7.91. The molecule has 0 atom stereocenters. The SMILES string of the molecule is Cc1ccccc1C(=O)Nc1nnc(S(=O)(=O)NCCCN(C)c2ccccc2)s1. The normalized spacial score (nSPS) is 11.3. The molecule has 3 rings (SSSR count). The number of para-hydroxylation sites is 1. The molecule has 2 N–H and O–H groups in total. The van der Waals surface area contributed by atoms with Gasteiger partial charge in [-0.15, -0.1) is 10.2 Å². The molecule has 1 heterocycles. The number of hydrogen-bond acceptors (Lipinski definition) is 7. The fraction of sp³-hybridized carbons (Fsp3) is 0.250. The zero-order chi connectivity index (χ0) is 21.6. The summed E-state index contributed by atoms with van der Waals surface area (Å²) in [6, 6.07) is 17.0. The number of benzene rings is 2. The lowest BCUT2D eigenvalue weighted by molar-refractivity contribution is 0.102. The summed E-state index contributed by atoms with van der Waals surface area (Å²) in [5.41, 5.74) is 2.38. The van der Waals surface area contributed by atoms with Crippen molar-refractivity contribution in [2.75, 3.05) is 30.4 Å². The van der Waals surface area contributed by atoms with Crippen molar-refractivity contribution >= 4 is 38.1 Å². The minimum atomic E-state index is -3.79. The van der Waals surface area contributed by atoms with E-state index in [9.17, 15) is 13.2 Å². The van der Waals surface area contributed by atoms with Crippen LogP contribution in [0, 0.1) is 6.92 Å². The maximum Gasteiger partial charge on any atom is 0.269 e. The standard InChI is InChI=1S/C20H23N5O3S2/c1-15-9-6-7-12-17(15)18(26)22-19-23-24-20(29-19)30(27,28)21-13-8-14-25(2)16-10-4-3-5-11-16/h3-7,9-12,21H,8,13-14H2,1-2H3,(H,22,23,26). The van der Waals surface area contributed by atoms with Gasteiger partial charge in [0.1, 0.15) is 0 Å². The number of nitrogens with zero attached hydrogens (tertiary/aromatic N) is 3. The lowest BCUT2D eigenvalue weighted by Gasteiger charge is -2.18. The first-order valence-corrected chi connectivity index (χ1v) is 11.6. The quantitative estimate of drug-likeness (QED) is 0.388. The van der Waals surface area contributed by atoms with Gasteiger partial charge in [-0.1, -0.05) is 47.7 Å². The Morgan fingerprint density at radius 2 is 1.77 bits per heavy atom. The highest BCUT2D eigenvalue weighted by atomic mass is 32.2. The number of hydrogen-bond donors (Lipinski definition) is 2. The maximum absolute atomic E-state index is 12.4. The Balaban J connectivity index is 1.52. The lowest BCUT2D eigenvalue weighted by atomic mass is 10.1. The molecule has 0 bridgehead atoms. The zero-order valence-corrected chi connectivity index (χ0v) is 18.3. The molecule has 0 saturated heterocycles. The van der Waals surface area contributed by atoms with Crippen LogP contribution in [0.15, 0.2) is 58.9 Å². The maximum atomic E-state index is 12.4. The Kier molecular flexibility index (Phi) is 7.14. The van der Waals surface area contributed by atoms with Crippen LogP contribution in [0.4, 0.5) is 10.8 Å². The molecule has 10 heteroatoms. The molecular weight excluding hydrogens is 422 g/mol. The van der Waals surface area contributed by atoms with E-state index in [1.807, 2.05) is 56.4 Å². The van der Waals surface area contributed by atoms with Crippen LogP contribution in [0.3, 0.4) is 0 Å². The molecule has 2 aromatic carbocycles. The van der Waals surface area contributed by atoms with Crippen LogP contribution in [-0.2, 0) is 10.0 Å². The van der Waals surface area contributed by atoms with Crippen LogP contribution in [0.5, 0.6) is 0 Å². The number of anilines is 2. The first-order chi connectivity index (χ1) is 14.4. The van der Waals surface area contributed by atoms with Gasteiger partial charge in [0, 0.05) is 31.4 Å². The second-order valence-electron chi connectivity index (χ2n) is 6.65. The average Bonchev–Trinajstić information content (AvgIpc) is 3.21. The van der Waals surface area contributed by atoms with Gasteiger partial charge in [-0.2, -0.15) is 0 Å². The first kappa shape index (κ1) is 21.9. The summed E-state index contributed by atoms with van der Waals surface area (Å²) < 4.78 is 27.2. The number of aryl methyl sites for hydroxylation is 1. The van der Waals surface area contributed by atoms with Crippen molar-refractivity contribution in [1.82, 2.24) is 14.9 Å². The molecule has 0 aliphatic carbocycles. The lowest BCUT2D eigenvalue weighted by Crippen LogP contribution is -2.28. The van der Waals surface area contributed by atoms with Crippen LogP contribution in [0.1, 0.15) is 22.3 Å². The molecule has 0 saturated carbocycles. The highest BCUT2D eigenvalue weighted by Gasteiger charge is 2.21. The van der Waals surface area contributed by atoms with E-state index in [0.29, 0.717) is 18.5 Å². The van der Waals surface area contributed by atoms with Gasteiger partial charge in [0.2, 0.25) is 9.47 Å². The van der Waals surface area contributed by atoms with Crippen LogP contribution < -0.4 is 14.9 Å². The van der Waals surface area contributed by atoms with Gasteiger partial charge < -0.3 is 4.90 Å². The molecule has 158 valence electrons. The highest BCUT2D eigenvalue weighted by Crippen LogP contribution is 2.21. The van der Waals surface area contributed by atoms with E-state index >= 15 is 0 Å². The van der Waals surface area contributed by atoms with E-state index in [-0.39, 0.29) is 21.9 Å². The molecule has 0 spiro atoms. The van der Waals surface area contributed by atoms with Crippen LogP contribution >= 0.6 is 11.3 Å². The zero-order valence-electron chi connectivity index (χ0n) is 16.7. The van der Waals surface area contributed by atoms with Crippen molar-refractivity contribution in [3.05, 3.63) is 65.7 Å². The van der Waals surface area contributed by atoms with E-state index < -0.39 is 10.0 Å². The monoisotopic (exact) mass is 445 g/mol. The number of aromatic nitrogens is 2. The number of sulfonamides is 1. The number of carbonyl (C=O) groups excluding carboxylic acids is 1. The number of rotatable bonds is 9. The molecule has 0 aliphatic heterocycles. The predicted octanol–water partition coefficient (Wildman–Crippen LogP) is 2.90. The summed E-state index contributed by atoms with van der Waals surface area (Å²) in [5.74, 6) is -0.356. The largest absolute Gasteiger partial charge is 0.375 e. The topological polar surface area (TPSA) is 104 Å². The molecule has 1 aromatic heterocycles. The van der Waals surface area contributed by atoms with Crippen molar-refractivity contribution in [1.29, 1.82) is 0 Å². The van der Waals surface area contributed by atoms with Crippen molar-refractivity contribution < 1.29 is 13.2 Å². The fourth-order valence-corrected chi connectivity index (χ4v) is 4.77. The third-order valence-electron chi connectivity index (χ3n) is 4.41. The molecule has 0 unspecified atom stereocenters. The average molecular weight is 446 g/mol. The van der Waals surface area contributed by atoms with Crippen LogP contribution in [-0.4, -0.2) is 44.7 Å². The summed E-state index contributed by atoms with van der Waals surface area (Å²) >= 11 is 0.815. The summed E-state index contributed by atoms with van der Waals surface area (Å²) in [6.07, 6.45) is 0.625. The summed E-state index contributed by atoms with van der Waals surface area (Å²) in [7, 11) is -1.83. The molecule has 0 aliphatic rings. The molecule has 3 aromatic rings. The second kappa shape index (κ2) is 9.79. The Hall–Kier alpha value is -2.82. The Morgan fingerprint density at radius 1 is 1.07 bits per heavy atom. The van der Waals surface area contributed by atoms with Gasteiger partial charge in [-0.05, 0) is 37.1 Å². The predicted molar refractivity (Wildman–Crippen MR) is 119 cm³/mol. The molecule has 0 fully saturated rings. The summed E-state index contributed by atoms with van der Waals surface area (Å²) in [5, 5.41) is 10.2. The minimum Gasteiger partial charge on any atom is -0.375 e. The van der Waals surface area contributed by atoms with Gasteiger partial charge in [0.15, 0.2) is 0 Å². The minimum absolute atomic E-state index is 0.132. The second-order valence-corrected chi connectivity index (χ2v) is 9.57. The van der Waals surface area contributed by atoms with Crippen molar-refractivity contribution in [3.63, 3.8) is 0 Å². The Morgan fingerprint density at radius 3 is 2.50 bits per heavy atom. The van der Waals surface area contributed by atoms with E-state index in [0.717, 1.165) is 22.6 Å². The smallest absolute Gasteiger partial charge is 0.269 e. The number of carbonyl (C=O) groups is 1. The number of amides is 1. The summed E-state index contributed by atoms with van der Waals surface area (Å²) in [4.78, 5) is 14.4. The van der Waals surface area contributed by atoms with Gasteiger partial charge in [-0.3, -0.25) is 10.1 Å². The van der Waals surface area contributed by atoms with Gasteiger partial charge in [-0.25, -0.2) is 13.1 Å². The van der Waals surface area contributed by atoms with Crippen LogP contribution in [0.2, 0.25) is 0 Å². The molecule has 1 amide bonds. The van der Waals surface area contributed by atoms with E-state index in [1.165, 1.54) is 0 Å². The van der Waals surface area contributed by atoms with Crippen molar-refractivity contribution in [2.45, 2.75) is 17.7 Å². The van der Waals surface area contributed by atoms with Gasteiger partial charge in [0.05, 0.1) is 0 Å². The van der Waals surface area contributed by atoms with Crippen molar-refractivity contribution in [3.8, 4) is 0 Å². The van der Waals surface area contributed by atoms with Gasteiger partial charge >= 0.3 is 0 Å². The van der Waals surface area contributed by atoms with E-state index in [2.05, 4.69) is 25.1 Å². The fourth-order valence-electron chi connectivity index (χ4n) is 2.76. The Labute approximate surface area is 180 Å². The Bertz CT molecular complexity index is 1100. The first-order valence-electron chi connectivity index (χ1n) is 9.33. The molecule has 30 heavy (non-hydrogen) atoms. The summed E-state index contributed by atoms with van der Waals surface area (Å²) in [6.45, 7) is 2.79. The third kappa shape index (κ3) is 5.62. The number of nitrogens with one attached hydrogen (secondary N) is 2. The van der Waals surface area contributed by atoms with Crippen molar-refractivity contribution in [2.24, 2.45) is 0 Å². The van der Waals surface area contributed by atoms with Crippen LogP contribution in [0.25, 0.3) is 0 Å².